The molecular weight excluding hydrogens is 200 g/mol. The summed E-state index contributed by atoms with van der Waals surface area (Å²) in [6.45, 7) is 12.3. The lowest BCUT2D eigenvalue weighted by Crippen LogP contribution is -2.41. The average molecular weight is 226 g/mol. The van der Waals surface area contributed by atoms with Crippen LogP contribution in [0.25, 0.3) is 0 Å². The lowest BCUT2D eigenvalue weighted by molar-refractivity contribution is -0.136. The van der Waals surface area contributed by atoms with Crippen LogP contribution in [0, 0.1) is 17.8 Å². The number of hydrogen-bond donors (Lipinski definition) is 1. The van der Waals surface area contributed by atoms with Crippen LogP contribution in [0.15, 0.2) is 0 Å². The van der Waals surface area contributed by atoms with Crippen LogP contribution in [0.3, 0.4) is 0 Å². The molecule has 1 N–H and O–H groups in total. The highest BCUT2D eigenvalue weighted by molar-refractivity contribution is 5.79. The van der Waals surface area contributed by atoms with Crippen LogP contribution in [0.2, 0.25) is 0 Å². The van der Waals surface area contributed by atoms with Gasteiger partial charge >= 0.3 is 0 Å². The Balaban J connectivity index is 2.55. The zero-order valence-electron chi connectivity index (χ0n) is 11.1. The van der Waals surface area contributed by atoms with Crippen molar-refractivity contribution in [3.8, 4) is 0 Å². The molecule has 94 valence electrons. The Morgan fingerprint density at radius 2 is 1.81 bits per heavy atom. The van der Waals surface area contributed by atoms with Gasteiger partial charge in [-0.1, -0.05) is 27.7 Å². The number of nitrogens with zero attached hydrogens (tertiary/aromatic N) is 1. The van der Waals surface area contributed by atoms with Gasteiger partial charge in [-0.05, 0) is 24.8 Å². The van der Waals surface area contributed by atoms with Crippen molar-refractivity contribution >= 4 is 5.91 Å². The summed E-state index contributed by atoms with van der Waals surface area (Å²) in [5.74, 6) is 1.68. The van der Waals surface area contributed by atoms with Crippen molar-refractivity contribution in [2.24, 2.45) is 17.8 Å². The first-order valence-electron chi connectivity index (χ1n) is 6.50. The van der Waals surface area contributed by atoms with Crippen LogP contribution in [0.5, 0.6) is 0 Å². The molecule has 1 saturated heterocycles. The van der Waals surface area contributed by atoms with Crippen LogP contribution in [0.1, 0.15) is 34.1 Å². The summed E-state index contributed by atoms with van der Waals surface area (Å²) in [6, 6.07) is 0. The minimum Gasteiger partial charge on any atom is -0.342 e. The van der Waals surface area contributed by atoms with Gasteiger partial charge in [-0.2, -0.15) is 0 Å². The molecule has 1 rings (SSSR count). The van der Waals surface area contributed by atoms with E-state index in [0.717, 1.165) is 32.6 Å². The van der Waals surface area contributed by atoms with Gasteiger partial charge in [-0.15, -0.1) is 0 Å². The van der Waals surface area contributed by atoms with Gasteiger partial charge < -0.3 is 10.2 Å². The molecule has 0 spiro atoms. The van der Waals surface area contributed by atoms with Crippen molar-refractivity contribution in [2.75, 3.05) is 26.2 Å². The molecule has 0 radical (unpaired) electrons. The van der Waals surface area contributed by atoms with Crippen LogP contribution >= 0.6 is 0 Å². The Kier molecular flexibility index (Phi) is 5.26. The van der Waals surface area contributed by atoms with Gasteiger partial charge in [0, 0.05) is 19.6 Å². The molecule has 1 amide bonds. The Morgan fingerprint density at radius 1 is 1.25 bits per heavy atom. The topological polar surface area (TPSA) is 32.3 Å². The maximum Gasteiger partial charge on any atom is 0.227 e. The molecule has 1 heterocycles. The van der Waals surface area contributed by atoms with E-state index in [1.54, 1.807) is 0 Å². The number of nitrogens with one attached hydrogen (secondary N) is 1. The third-order valence-corrected chi connectivity index (χ3v) is 2.89. The molecule has 1 atom stereocenters. The molecular formula is C13H26N2O. The largest absolute Gasteiger partial charge is 0.342 e. The molecule has 0 aromatic heterocycles. The molecule has 0 saturated carbocycles. The fourth-order valence-corrected chi connectivity index (χ4v) is 2.26. The van der Waals surface area contributed by atoms with E-state index in [2.05, 4.69) is 37.9 Å². The lowest BCUT2D eigenvalue weighted by Gasteiger charge is -2.28. The Labute approximate surface area is 99.6 Å². The predicted molar refractivity (Wildman–Crippen MR) is 67.2 cm³/mol. The molecule has 1 aliphatic heterocycles. The molecule has 16 heavy (non-hydrogen) atoms. The fraction of sp³-hybridized carbons (Fsp3) is 0.923. The predicted octanol–water partition coefficient (Wildman–Crippen LogP) is 1.74. The molecule has 1 unspecified atom stereocenters. The van der Waals surface area contributed by atoms with Crippen molar-refractivity contribution in [1.82, 2.24) is 10.2 Å². The van der Waals surface area contributed by atoms with Crippen LogP contribution < -0.4 is 5.32 Å². The van der Waals surface area contributed by atoms with Crippen molar-refractivity contribution in [2.45, 2.75) is 34.1 Å². The molecule has 0 bridgehead atoms. The zero-order valence-corrected chi connectivity index (χ0v) is 11.1. The summed E-state index contributed by atoms with van der Waals surface area (Å²) in [5.41, 5.74) is 0. The van der Waals surface area contributed by atoms with Crippen LogP contribution in [-0.2, 0) is 4.79 Å². The minimum atomic E-state index is 0.220. The Bertz CT molecular complexity index is 210. The third-order valence-electron chi connectivity index (χ3n) is 2.89. The maximum atomic E-state index is 12.3. The van der Waals surface area contributed by atoms with Crippen LogP contribution in [0.4, 0.5) is 0 Å². The fourth-order valence-electron chi connectivity index (χ4n) is 2.26. The van der Waals surface area contributed by atoms with E-state index in [0.29, 0.717) is 17.7 Å². The molecule has 3 heteroatoms. The van der Waals surface area contributed by atoms with Gasteiger partial charge in [0.1, 0.15) is 0 Å². The highest BCUT2D eigenvalue weighted by atomic mass is 16.2. The zero-order chi connectivity index (χ0) is 12.1. The van der Waals surface area contributed by atoms with Gasteiger partial charge in [-0.25, -0.2) is 0 Å². The smallest absolute Gasteiger partial charge is 0.227 e. The number of hydrogen-bond acceptors (Lipinski definition) is 2. The number of rotatable bonds is 5. The van der Waals surface area contributed by atoms with Gasteiger partial charge in [0.25, 0.3) is 0 Å². The molecule has 1 aliphatic rings. The molecule has 1 fully saturated rings. The van der Waals surface area contributed by atoms with E-state index in [4.69, 9.17) is 0 Å². The van der Waals surface area contributed by atoms with Gasteiger partial charge in [0.05, 0.1) is 5.92 Å². The summed E-state index contributed by atoms with van der Waals surface area (Å²) in [4.78, 5) is 14.4. The second-order valence-corrected chi connectivity index (χ2v) is 5.72. The van der Waals surface area contributed by atoms with Crippen LogP contribution in [-0.4, -0.2) is 37.0 Å². The summed E-state index contributed by atoms with van der Waals surface area (Å²) >= 11 is 0. The van der Waals surface area contributed by atoms with Crippen molar-refractivity contribution in [3.63, 3.8) is 0 Å². The summed E-state index contributed by atoms with van der Waals surface area (Å²) in [7, 11) is 0. The monoisotopic (exact) mass is 226 g/mol. The van der Waals surface area contributed by atoms with E-state index >= 15 is 0 Å². The first-order valence-corrected chi connectivity index (χ1v) is 6.50. The average Bonchev–Trinajstić information content (AvgIpc) is 2.66. The minimum absolute atomic E-state index is 0.220. The van der Waals surface area contributed by atoms with Crippen molar-refractivity contribution in [3.05, 3.63) is 0 Å². The van der Waals surface area contributed by atoms with Crippen molar-refractivity contribution < 1.29 is 4.79 Å². The second kappa shape index (κ2) is 6.24. The quantitative estimate of drug-likeness (QED) is 0.774. The van der Waals surface area contributed by atoms with E-state index in [9.17, 15) is 4.79 Å². The highest BCUT2D eigenvalue weighted by Crippen LogP contribution is 2.14. The molecule has 0 aromatic rings. The summed E-state index contributed by atoms with van der Waals surface area (Å²) in [5, 5.41) is 3.27. The van der Waals surface area contributed by atoms with E-state index in [-0.39, 0.29) is 5.92 Å². The van der Waals surface area contributed by atoms with E-state index < -0.39 is 0 Å². The number of amides is 1. The molecule has 0 aliphatic carbocycles. The van der Waals surface area contributed by atoms with Gasteiger partial charge in [-0.3, -0.25) is 4.79 Å². The maximum absolute atomic E-state index is 12.3. The summed E-state index contributed by atoms with van der Waals surface area (Å²) < 4.78 is 0. The van der Waals surface area contributed by atoms with E-state index in [1.165, 1.54) is 0 Å². The molecule has 0 aromatic carbocycles. The van der Waals surface area contributed by atoms with Gasteiger partial charge in [0.15, 0.2) is 0 Å². The number of carbonyl (C=O) groups excluding carboxylic acids is 1. The van der Waals surface area contributed by atoms with E-state index in [1.807, 2.05) is 0 Å². The second-order valence-electron chi connectivity index (χ2n) is 5.72. The summed E-state index contributed by atoms with van der Waals surface area (Å²) in [6.07, 6.45) is 1.01. The normalized spacial score (nSPS) is 20.8. The van der Waals surface area contributed by atoms with Gasteiger partial charge in [0.2, 0.25) is 5.91 Å². The van der Waals surface area contributed by atoms with Crippen molar-refractivity contribution in [1.29, 1.82) is 0 Å². The lowest BCUT2D eigenvalue weighted by atomic mass is 10.0. The standard InChI is InChI=1S/C13H26N2O/c1-10(2)8-15(9-11(3)4)13(16)12-5-6-14-7-12/h10-12,14H,5-9H2,1-4H3. The SMILES string of the molecule is CC(C)CN(CC(C)C)C(=O)C1CCNC1. The molecule has 3 nitrogen and oxygen atoms in total. The Hall–Kier alpha value is -0.570. The first kappa shape index (κ1) is 13.5. The highest BCUT2D eigenvalue weighted by Gasteiger charge is 2.27. The Morgan fingerprint density at radius 3 is 2.19 bits per heavy atom. The number of carbonyl (C=O) groups is 1. The first-order chi connectivity index (χ1) is 7.50. The third kappa shape index (κ3) is 4.12.